The summed E-state index contributed by atoms with van der Waals surface area (Å²) in [6.45, 7) is 0. The lowest BCUT2D eigenvalue weighted by molar-refractivity contribution is -0.139. The van der Waals surface area contributed by atoms with E-state index in [0.717, 1.165) is 6.07 Å². The number of ether oxygens (including phenoxy) is 1. The Morgan fingerprint density at radius 1 is 1.59 bits per heavy atom. The second-order valence-electron chi connectivity index (χ2n) is 3.21. The summed E-state index contributed by atoms with van der Waals surface area (Å²) in [6.07, 6.45) is -2.88. The minimum Gasteiger partial charge on any atom is -0.469 e. The van der Waals surface area contributed by atoms with E-state index >= 15 is 0 Å². The lowest BCUT2D eigenvalue weighted by Gasteiger charge is -2.08. The predicted molar refractivity (Wildman–Crippen MR) is 59.5 cm³/mol. The second-order valence-corrected chi connectivity index (χ2v) is 4.06. The van der Waals surface area contributed by atoms with Crippen molar-refractivity contribution in [3.63, 3.8) is 0 Å². The van der Waals surface area contributed by atoms with Gasteiger partial charge in [-0.05, 0) is 33.6 Å². The van der Waals surface area contributed by atoms with Gasteiger partial charge in [-0.2, -0.15) is 5.26 Å². The molecule has 0 bridgehead atoms. The first kappa shape index (κ1) is 13.6. The van der Waals surface area contributed by atoms with Crippen LogP contribution in [0, 0.1) is 11.3 Å². The van der Waals surface area contributed by atoms with E-state index < -0.39 is 12.4 Å². The van der Waals surface area contributed by atoms with Gasteiger partial charge in [0.1, 0.15) is 6.07 Å². The van der Waals surface area contributed by atoms with Crippen molar-refractivity contribution in [3.8, 4) is 6.07 Å². The maximum Gasteiger partial charge on any atom is 0.309 e. The first-order valence-electron chi connectivity index (χ1n) is 4.57. The molecule has 0 N–H and O–H groups in total. The van der Waals surface area contributed by atoms with Gasteiger partial charge < -0.3 is 4.74 Å². The molecule has 0 aromatic heterocycles. The fourth-order valence-corrected chi connectivity index (χ4v) is 1.93. The van der Waals surface area contributed by atoms with Gasteiger partial charge in [0.25, 0.3) is 6.43 Å². The van der Waals surface area contributed by atoms with Crippen LogP contribution in [-0.2, 0) is 16.0 Å². The summed E-state index contributed by atoms with van der Waals surface area (Å²) in [4.78, 5) is 11.0. The smallest absolute Gasteiger partial charge is 0.309 e. The third-order valence-electron chi connectivity index (χ3n) is 2.10. The van der Waals surface area contributed by atoms with Crippen molar-refractivity contribution in [2.45, 2.75) is 12.8 Å². The highest BCUT2D eigenvalue weighted by molar-refractivity contribution is 9.10. The Bertz CT molecular complexity index is 483. The maximum absolute atomic E-state index is 12.7. The largest absolute Gasteiger partial charge is 0.469 e. The SMILES string of the molecule is COC(=O)Cc1cc(Br)c(C#N)c(C(F)F)c1. The molecule has 17 heavy (non-hydrogen) atoms. The topological polar surface area (TPSA) is 50.1 Å². The Morgan fingerprint density at radius 2 is 2.24 bits per heavy atom. The van der Waals surface area contributed by atoms with Crippen molar-refractivity contribution in [1.29, 1.82) is 5.26 Å². The molecule has 0 unspecified atom stereocenters. The predicted octanol–water partition coefficient (Wildman–Crippen LogP) is 2.97. The minimum absolute atomic E-state index is 0.111. The summed E-state index contributed by atoms with van der Waals surface area (Å²) < 4.78 is 30.1. The van der Waals surface area contributed by atoms with Gasteiger partial charge in [-0.3, -0.25) is 4.79 Å². The fourth-order valence-electron chi connectivity index (χ4n) is 1.32. The Labute approximate surface area is 105 Å². The third-order valence-corrected chi connectivity index (χ3v) is 2.73. The van der Waals surface area contributed by atoms with E-state index in [9.17, 15) is 13.6 Å². The van der Waals surface area contributed by atoms with Crippen molar-refractivity contribution in [1.82, 2.24) is 0 Å². The van der Waals surface area contributed by atoms with Crippen molar-refractivity contribution >= 4 is 21.9 Å². The Kier molecular flexibility index (Phi) is 4.58. The first-order chi connectivity index (χ1) is 7.99. The average molecular weight is 304 g/mol. The number of methoxy groups -OCH3 is 1. The van der Waals surface area contributed by atoms with E-state index in [-0.39, 0.29) is 22.0 Å². The van der Waals surface area contributed by atoms with E-state index in [1.807, 2.05) is 0 Å². The molecule has 0 amide bonds. The van der Waals surface area contributed by atoms with E-state index in [2.05, 4.69) is 20.7 Å². The zero-order valence-corrected chi connectivity index (χ0v) is 10.4. The number of halogens is 3. The zero-order valence-electron chi connectivity index (χ0n) is 8.84. The molecule has 3 nitrogen and oxygen atoms in total. The fraction of sp³-hybridized carbons (Fsp3) is 0.273. The van der Waals surface area contributed by atoms with Crippen molar-refractivity contribution in [2.75, 3.05) is 7.11 Å². The molecular weight excluding hydrogens is 296 g/mol. The molecule has 0 saturated carbocycles. The molecule has 6 heteroatoms. The normalized spacial score (nSPS) is 10.1. The van der Waals surface area contributed by atoms with Crippen LogP contribution in [0.15, 0.2) is 16.6 Å². The van der Waals surface area contributed by atoms with Gasteiger partial charge in [0.2, 0.25) is 0 Å². The number of hydrogen-bond acceptors (Lipinski definition) is 3. The number of carbonyl (C=O) groups is 1. The number of esters is 1. The van der Waals surface area contributed by atoms with E-state index in [4.69, 9.17) is 5.26 Å². The number of hydrogen-bond donors (Lipinski definition) is 0. The quantitative estimate of drug-likeness (QED) is 0.807. The molecule has 1 rings (SSSR count). The first-order valence-corrected chi connectivity index (χ1v) is 5.36. The molecule has 0 spiro atoms. The molecule has 0 saturated heterocycles. The molecule has 0 heterocycles. The van der Waals surface area contributed by atoms with Gasteiger partial charge in [0.05, 0.1) is 19.1 Å². The van der Waals surface area contributed by atoms with E-state index in [1.54, 1.807) is 6.07 Å². The van der Waals surface area contributed by atoms with Crippen LogP contribution in [0.5, 0.6) is 0 Å². The summed E-state index contributed by atoms with van der Waals surface area (Å²) in [5.41, 5.74) is -0.132. The summed E-state index contributed by atoms with van der Waals surface area (Å²) in [5, 5.41) is 8.76. The molecule has 1 aromatic carbocycles. The molecule has 0 aliphatic carbocycles. The van der Waals surface area contributed by atoms with Crippen molar-refractivity contribution < 1.29 is 18.3 Å². The lowest BCUT2D eigenvalue weighted by atomic mass is 10.0. The highest BCUT2D eigenvalue weighted by atomic mass is 79.9. The Balaban J connectivity index is 3.21. The third kappa shape index (κ3) is 3.24. The van der Waals surface area contributed by atoms with Gasteiger partial charge in [0.15, 0.2) is 0 Å². The number of rotatable bonds is 3. The molecule has 0 fully saturated rings. The van der Waals surface area contributed by atoms with Crippen LogP contribution in [0.25, 0.3) is 0 Å². The molecule has 1 aromatic rings. The van der Waals surface area contributed by atoms with Gasteiger partial charge >= 0.3 is 5.97 Å². The van der Waals surface area contributed by atoms with Gasteiger partial charge in [0, 0.05) is 10.0 Å². The maximum atomic E-state index is 12.7. The minimum atomic E-state index is -2.77. The lowest BCUT2D eigenvalue weighted by Crippen LogP contribution is -2.06. The highest BCUT2D eigenvalue weighted by Crippen LogP contribution is 2.29. The van der Waals surface area contributed by atoms with Crippen LogP contribution >= 0.6 is 15.9 Å². The Morgan fingerprint density at radius 3 is 2.71 bits per heavy atom. The van der Waals surface area contributed by atoms with Crippen LogP contribution in [0.2, 0.25) is 0 Å². The van der Waals surface area contributed by atoms with Crippen LogP contribution in [0.3, 0.4) is 0 Å². The zero-order chi connectivity index (χ0) is 13.0. The molecule has 0 aliphatic heterocycles. The standard InChI is InChI=1S/C11H8BrF2NO2/c1-17-10(16)4-6-2-7(11(13)14)8(5-15)9(12)3-6/h2-3,11H,4H2,1H3. The van der Waals surface area contributed by atoms with Gasteiger partial charge in [-0.15, -0.1) is 0 Å². The molecule has 90 valence electrons. The summed E-state index contributed by atoms with van der Waals surface area (Å²) >= 11 is 3.03. The van der Waals surface area contributed by atoms with Gasteiger partial charge in [-0.25, -0.2) is 8.78 Å². The van der Waals surface area contributed by atoms with Crippen LogP contribution in [0.4, 0.5) is 8.78 Å². The summed E-state index contributed by atoms with van der Waals surface area (Å²) in [5.74, 6) is -0.526. The number of benzene rings is 1. The molecular formula is C11H8BrF2NO2. The average Bonchev–Trinajstić information content (AvgIpc) is 2.28. The van der Waals surface area contributed by atoms with Crippen molar-refractivity contribution in [2.24, 2.45) is 0 Å². The van der Waals surface area contributed by atoms with E-state index in [0.29, 0.717) is 5.56 Å². The van der Waals surface area contributed by atoms with Crippen molar-refractivity contribution in [3.05, 3.63) is 33.3 Å². The molecule has 0 radical (unpaired) electrons. The van der Waals surface area contributed by atoms with Crippen LogP contribution in [0.1, 0.15) is 23.1 Å². The monoisotopic (exact) mass is 303 g/mol. The van der Waals surface area contributed by atoms with Crippen LogP contribution < -0.4 is 0 Å². The second kappa shape index (κ2) is 5.73. The Hall–Kier alpha value is -1.48. The number of alkyl halides is 2. The summed E-state index contributed by atoms with van der Waals surface area (Å²) in [6, 6.07) is 4.30. The number of nitriles is 1. The molecule has 0 aliphatic rings. The number of carbonyl (C=O) groups excluding carboxylic acids is 1. The number of nitrogens with zero attached hydrogens (tertiary/aromatic N) is 1. The summed E-state index contributed by atoms with van der Waals surface area (Å²) in [7, 11) is 1.22. The van der Waals surface area contributed by atoms with Crippen LogP contribution in [-0.4, -0.2) is 13.1 Å². The highest BCUT2D eigenvalue weighted by Gasteiger charge is 2.18. The molecule has 0 atom stereocenters. The van der Waals surface area contributed by atoms with Gasteiger partial charge in [-0.1, -0.05) is 0 Å². The van der Waals surface area contributed by atoms with E-state index in [1.165, 1.54) is 13.2 Å².